The first-order chi connectivity index (χ1) is 19.9. The Hall–Kier alpha value is -4.07. The van der Waals surface area contributed by atoms with Crippen molar-refractivity contribution in [2.24, 2.45) is 7.05 Å². The maximum atomic E-state index is 14.1. The summed E-state index contributed by atoms with van der Waals surface area (Å²) < 4.78 is 32.6. The molecule has 0 atom stereocenters. The minimum absolute atomic E-state index is 0.0761. The third-order valence-corrected chi connectivity index (χ3v) is 7.18. The molecule has 0 N–H and O–H groups in total. The van der Waals surface area contributed by atoms with Crippen molar-refractivity contribution in [1.82, 2.24) is 24.4 Å². The lowest BCUT2D eigenvalue weighted by molar-refractivity contribution is -0.396. The van der Waals surface area contributed by atoms with Gasteiger partial charge in [0.2, 0.25) is 0 Å². The van der Waals surface area contributed by atoms with Crippen molar-refractivity contribution < 1.29 is 23.5 Å². The molecular weight excluding hydrogens is 557 g/mol. The first kappa shape index (κ1) is 28.5. The summed E-state index contributed by atoms with van der Waals surface area (Å²) in [6, 6.07) is 7.87. The lowest BCUT2D eigenvalue weighted by Gasteiger charge is -2.26. The van der Waals surface area contributed by atoms with Crippen molar-refractivity contribution in [2.75, 3.05) is 51.5 Å². The number of anilines is 2. The number of ether oxygens (including phenoxy) is 3. The van der Waals surface area contributed by atoms with Crippen molar-refractivity contribution in [3.63, 3.8) is 0 Å². The van der Waals surface area contributed by atoms with Crippen LogP contribution in [0.5, 0.6) is 11.5 Å². The van der Waals surface area contributed by atoms with Crippen LogP contribution in [-0.2, 0) is 18.3 Å². The molecule has 12 nitrogen and oxygen atoms in total. The van der Waals surface area contributed by atoms with E-state index in [0.29, 0.717) is 46.2 Å². The van der Waals surface area contributed by atoms with E-state index in [0.717, 1.165) is 39.3 Å². The molecule has 216 valence electrons. The fraction of sp³-hybridized carbons (Fsp3) is 0.370. The first-order valence-electron chi connectivity index (χ1n) is 13.0. The molecule has 0 saturated carbocycles. The van der Waals surface area contributed by atoms with Crippen LogP contribution in [0.15, 0.2) is 42.9 Å². The SMILES string of the molecule is COc1cc2ncnc(N(Cc3cnc([N+](=O)[O-])n3C)c3ccc(F)c(Cl)c3)c2cc1OCCCN1CCOCC1. The number of hydrogen-bond donors (Lipinski definition) is 0. The van der Waals surface area contributed by atoms with E-state index >= 15 is 0 Å². The number of halogens is 2. The van der Waals surface area contributed by atoms with Gasteiger partial charge in [0.15, 0.2) is 11.5 Å². The molecular formula is C27H29ClFN7O5. The van der Waals surface area contributed by atoms with Crippen LogP contribution in [-0.4, -0.2) is 75.9 Å². The Morgan fingerprint density at radius 1 is 1.17 bits per heavy atom. The van der Waals surface area contributed by atoms with E-state index < -0.39 is 10.7 Å². The highest BCUT2D eigenvalue weighted by Gasteiger charge is 2.24. The third-order valence-electron chi connectivity index (χ3n) is 6.89. The molecule has 1 aliphatic heterocycles. The van der Waals surface area contributed by atoms with Gasteiger partial charge in [-0.3, -0.25) is 4.90 Å². The zero-order valence-corrected chi connectivity index (χ0v) is 23.4. The summed E-state index contributed by atoms with van der Waals surface area (Å²) in [5, 5.41) is 12.0. The molecule has 0 unspecified atom stereocenters. The minimum Gasteiger partial charge on any atom is -0.493 e. The van der Waals surface area contributed by atoms with Crippen molar-refractivity contribution >= 4 is 40.0 Å². The molecule has 0 aliphatic carbocycles. The van der Waals surface area contributed by atoms with Crippen molar-refractivity contribution in [3.05, 3.63) is 69.5 Å². The van der Waals surface area contributed by atoms with E-state index in [9.17, 15) is 14.5 Å². The van der Waals surface area contributed by atoms with Gasteiger partial charge in [0.05, 0.1) is 51.1 Å². The smallest absolute Gasteiger partial charge is 0.434 e. The number of morpholine rings is 1. The second-order valence-electron chi connectivity index (χ2n) is 9.42. The van der Waals surface area contributed by atoms with Crippen LogP contribution < -0.4 is 14.4 Å². The molecule has 1 saturated heterocycles. The monoisotopic (exact) mass is 585 g/mol. The molecule has 2 aromatic heterocycles. The number of fused-ring (bicyclic) bond motifs is 1. The fourth-order valence-electron chi connectivity index (χ4n) is 4.69. The highest BCUT2D eigenvalue weighted by molar-refractivity contribution is 6.31. The summed E-state index contributed by atoms with van der Waals surface area (Å²) >= 11 is 6.15. The Balaban J connectivity index is 1.50. The van der Waals surface area contributed by atoms with E-state index in [-0.39, 0.29) is 17.5 Å². The van der Waals surface area contributed by atoms with Crippen LogP contribution in [0.2, 0.25) is 5.02 Å². The Morgan fingerprint density at radius 3 is 2.68 bits per heavy atom. The summed E-state index contributed by atoms with van der Waals surface area (Å²) in [5.41, 5.74) is 1.63. The van der Waals surface area contributed by atoms with Crippen LogP contribution in [0.1, 0.15) is 12.1 Å². The number of benzene rings is 2. The van der Waals surface area contributed by atoms with Gasteiger partial charge >= 0.3 is 5.95 Å². The van der Waals surface area contributed by atoms with E-state index in [2.05, 4.69) is 19.9 Å². The van der Waals surface area contributed by atoms with Crippen molar-refractivity contribution in [2.45, 2.75) is 13.0 Å². The maximum absolute atomic E-state index is 14.1. The van der Waals surface area contributed by atoms with Gasteiger partial charge in [0, 0.05) is 36.8 Å². The molecule has 4 aromatic rings. The highest BCUT2D eigenvalue weighted by Crippen LogP contribution is 2.38. The Morgan fingerprint density at radius 2 is 1.98 bits per heavy atom. The molecule has 0 amide bonds. The molecule has 41 heavy (non-hydrogen) atoms. The van der Waals surface area contributed by atoms with Gasteiger partial charge in [-0.25, -0.2) is 18.9 Å². The summed E-state index contributed by atoms with van der Waals surface area (Å²) in [7, 11) is 3.12. The van der Waals surface area contributed by atoms with Crippen molar-refractivity contribution in [3.8, 4) is 11.5 Å². The van der Waals surface area contributed by atoms with Crippen LogP contribution in [0, 0.1) is 15.9 Å². The third kappa shape index (κ3) is 6.32. The Bertz CT molecular complexity index is 1550. The molecule has 1 fully saturated rings. The average molecular weight is 586 g/mol. The second-order valence-corrected chi connectivity index (χ2v) is 9.83. The lowest BCUT2D eigenvalue weighted by atomic mass is 10.1. The highest BCUT2D eigenvalue weighted by atomic mass is 35.5. The molecule has 2 aromatic carbocycles. The van der Waals surface area contributed by atoms with E-state index in [1.54, 1.807) is 31.2 Å². The number of aromatic nitrogens is 4. The van der Waals surface area contributed by atoms with Crippen molar-refractivity contribution in [1.29, 1.82) is 0 Å². The zero-order valence-electron chi connectivity index (χ0n) is 22.6. The topological polar surface area (TPSA) is 121 Å². The van der Waals surface area contributed by atoms with Gasteiger partial charge < -0.3 is 29.2 Å². The number of rotatable bonds is 11. The predicted molar refractivity (Wildman–Crippen MR) is 151 cm³/mol. The molecule has 5 rings (SSSR count). The Kier molecular flexibility index (Phi) is 8.76. The molecule has 0 spiro atoms. The summed E-state index contributed by atoms with van der Waals surface area (Å²) in [5.74, 6) is 0.625. The maximum Gasteiger partial charge on any atom is 0.434 e. The van der Waals surface area contributed by atoms with Crippen LogP contribution >= 0.6 is 11.6 Å². The lowest BCUT2D eigenvalue weighted by Crippen LogP contribution is -2.37. The summed E-state index contributed by atoms with van der Waals surface area (Å²) in [6.45, 7) is 4.77. The van der Waals surface area contributed by atoms with Gasteiger partial charge in [-0.2, -0.15) is 0 Å². The van der Waals surface area contributed by atoms with Gasteiger partial charge in [-0.15, -0.1) is 0 Å². The fourth-order valence-corrected chi connectivity index (χ4v) is 4.86. The molecule has 3 heterocycles. The van der Waals surface area contributed by atoms with Crippen LogP contribution in [0.4, 0.5) is 21.8 Å². The zero-order chi connectivity index (χ0) is 28.9. The van der Waals surface area contributed by atoms with Crippen LogP contribution in [0.25, 0.3) is 10.9 Å². The molecule has 0 bridgehead atoms. The normalized spacial score (nSPS) is 13.9. The number of nitrogens with zero attached hydrogens (tertiary/aromatic N) is 7. The van der Waals surface area contributed by atoms with E-state index in [1.807, 2.05) is 6.07 Å². The van der Waals surface area contributed by atoms with E-state index in [4.69, 9.17) is 25.8 Å². The number of imidazole rings is 1. The Labute approximate surface area is 240 Å². The molecule has 1 aliphatic rings. The largest absolute Gasteiger partial charge is 0.493 e. The quantitative estimate of drug-likeness (QED) is 0.141. The molecule has 14 heteroatoms. The van der Waals surface area contributed by atoms with E-state index in [1.165, 1.54) is 29.2 Å². The average Bonchev–Trinajstić information content (AvgIpc) is 3.35. The number of nitro groups is 1. The number of methoxy groups -OCH3 is 1. The summed E-state index contributed by atoms with van der Waals surface area (Å²) in [4.78, 5) is 27.9. The number of hydrogen-bond acceptors (Lipinski definition) is 10. The summed E-state index contributed by atoms with van der Waals surface area (Å²) in [6.07, 6.45) is 3.65. The van der Waals surface area contributed by atoms with Gasteiger partial charge in [0.25, 0.3) is 0 Å². The minimum atomic E-state index is -0.573. The van der Waals surface area contributed by atoms with Gasteiger partial charge in [-0.1, -0.05) is 16.6 Å². The molecule has 0 radical (unpaired) electrons. The second kappa shape index (κ2) is 12.6. The standard InChI is InChI=1S/C27H29ClFN7O5/c1-33-19(15-30-27(33)36(37)38)16-35(18-4-5-22(29)21(28)12-18)26-20-13-25(24(39-2)14-23(20)31-17-32-26)41-9-3-6-34-7-10-40-11-8-34/h4-5,12-15,17H,3,6-11,16H2,1-2H3. The van der Waals surface area contributed by atoms with Crippen LogP contribution in [0.3, 0.4) is 0 Å². The van der Waals surface area contributed by atoms with Gasteiger partial charge in [0.1, 0.15) is 29.9 Å². The first-order valence-corrected chi connectivity index (χ1v) is 13.4. The van der Waals surface area contributed by atoms with Gasteiger partial charge in [-0.05, 0) is 35.6 Å². The predicted octanol–water partition coefficient (Wildman–Crippen LogP) is 4.51.